The molecule has 0 spiro atoms. The third-order valence-electron chi connectivity index (χ3n) is 3.64. The first kappa shape index (κ1) is 16.6. The molecule has 1 N–H and O–H groups in total. The summed E-state index contributed by atoms with van der Waals surface area (Å²) in [5.41, 5.74) is 3.83. The van der Waals surface area contributed by atoms with E-state index in [2.05, 4.69) is 5.32 Å². The van der Waals surface area contributed by atoms with Crippen LogP contribution in [0.1, 0.15) is 16.7 Å². The Morgan fingerprint density at radius 3 is 2.22 bits per heavy atom. The van der Waals surface area contributed by atoms with Crippen molar-refractivity contribution in [3.05, 3.63) is 59.2 Å². The molecule has 2 aromatic rings. The molecule has 0 fully saturated rings. The minimum absolute atomic E-state index is 0.207. The number of carbonyl (C=O) groups is 1. The minimum atomic E-state index is -0.207. The zero-order valence-corrected chi connectivity index (χ0v) is 13.8. The van der Waals surface area contributed by atoms with E-state index in [1.807, 2.05) is 50.2 Å². The van der Waals surface area contributed by atoms with Gasteiger partial charge in [-0.2, -0.15) is 0 Å². The van der Waals surface area contributed by atoms with Crippen LogP contribution in [0, 0.1) is 13.8 Å². The Labute approximate surface area is 136 Å². The fourth-order valence-electron chi connectivity index (χ4n) is 2.21. The second kappa shape index (κ2) is 7.49. The fourth-order valence-corrected chi connectivity index (χ4v) is 2.21. The van der Waals surface area contributed by atoms with Crippen LogP contribution in [0.25, 0.3) is 6.08 Å². The number of carbonyl (C=O) groups excluding carboxylic acids is 1. The molecular weight excluding hydrogens is 290 g/mol. The number of ether oxygens (including phenoxy) is 2. The summed E-state index contributed by atoms with van der Waals surface area (Å²) in [6.45, 7) is 4.05. The maximum Gasteiger partial charge on any atom is 0.248 e. The molecule has 4 nitrogen and oxygen atoms in total. The van der Waals surface area contributed by atoms with Gasteiger partial charge >= 0.3 is 0 Å². The van der Waals surface area contributed by atoms with Crippen LogP contribution in [0.15, 0.2) is 42.5 Å². The lowest BCUT2D eigenvalue weighted by atomic mass is 10.1. The number of nitrogens with one attached hydrogen (secondary N) is 1. The molecule has 0 aliphatic heterocycles. The van der Waals surface area contributed by atoms with E-state index >= 15 is 0 Å². The first-order chi connectivity index (χ1) is 11.0. The highest BCUT2D eigenvalue weighted by Crippen LogP contribution is 2.29. The quantitative estimate of drug-likeness (QED) is 0.850. The SMILES string of the molecule is COc1cccc(OC)c1/C=C/C(=O)Nc1ccc(C)c(C)c1. The highest BCUT2D eigenvalue weighted by Gasteiger charge is 2.07. The smallest absolute Gasteiger partial charge is 0.248 e. The molecule has 120 valence electrons. The van der Waals surface area contributed by atoms with Crippen molar-refractivity contribution in [3.63, 3.8) is 0 Å². The van der Waals surface area contributed by atoms with Gasteiger partial charge in [0.05, 0.1) is 19.8 Å². The van der Waals surface area contributed by atoms with Crippen LogP contribution in [0.2, 0.25) is 0 Å². The fraction of sp³-hybridized carbons (Fsp3) is 0.211. The van der Waals surface area contributed by atoms with Gasteiger partial charge in [-0.15, -0.1) is 0 Å². The maximum atomic E-state index is 12.1. The Morgan fingerprint density at radius 1 is 1.00 bits per heavy atom. The molecule has 0 atom stereocenters. The third-order valence-corrected chi connectivity index (χ3v) is 3.64. The van der Waals surface area contributed by atoms with Crippen LogP contribution in [-0.2, 0) is 4.79 Å². The van der Waals surface area contributed by atoms with E-state index in [1.54, 1.807) is 20.3 Å². The molecule has 0 aliphatic carbocycles. The number of amides is 1. The molecule has 0 saturated carbocycles. The standard InChI is InChI=1S/C19H21NO3/c1-13-8-9-15(12-14(13)2)20-19(21)11-10-16-17(22-3)6-5-7-18(16)23-4/h5-12H,1-4H3,(H,20,21)/b11-10+. The van der Waals surface area contributed by atoms with E-state index in [1.165, 1.54) is 11.6 Å². The molecule has 0 heterocycles. The van der Waals surface area contributed by atoms with Gasteiger partial charge in [-0.1, -0.05) is 12.1 Å². The Hall–Kier alpha value is -2.75. The average Bonchev–Trinajstić information content (AvgIpc) is 2.55. The van der Waals surface area contributed by atoms with E-state index in [-0.39, 0.29) is 5.91 Å². The van der Waals surface area contributed by atoms with Crippen molar-refractivity contribution in [2.45, 2.75) is 13.8 Å². The minimum Gasteiger partial charge on any atom is -0.496 e. The second-order valence-corrected chi connectivity index (χ2v) is 5.20. The van der Waals surface area contributed by atoms with Gasteiger partial charge in [0.25, 0.3) is 0 Å². The first-order valence-electron chi connectivity index (χ1n) is 7.32. The molecule has 0 unspecified atom stereocenters. The van der Waals surface area contributed by atoms with Gasteiger partial charge in [-0.05, 0) is 55.3 Å². The molecule has 1 amide bonds. The largest absolute Gasteiger partial charge is 0.496 e. The molecule has 23 heavy (non-hydrogen) atoms. The number of hydrogen-bond acceptors (Lipinski definition) is 3. The number of methoxy groups -OCH3 is 2. The summed E-state index contributed by atoms with van der Waals surface area (Å²) in [7, 11) is 3.17. The van der Waals surface area contributed by atoms with Gasteiger partial charge in [0.1, 0.15) is 11.5 Å². The Morgan fingerprint density at radius 2 is 1.65 bits per heavy atom. The highest BCUT2D eigenvalue weighted by atomic mass is 16.5. The number of benzene rings is 2. The van der Waals surface area contributed by atoms with Crippen molar-refractivity contribution in [1.82, 2.24) is 0 Å². The predicted octanol–water partition coefficient (Wildman–Crippen LogP) is 3.97. The van der Waals surface area contributed by atoms with Crippen molar-refractivity contribution < 1.29 is 14.3 Å². The number of aryl methyl sites for hydroxylation is 2. The van der Waals surface area contributed by atoms with Gasteiger partial charge in [0.2, 0.25) is 5.91 Å². The molecular formula is C19H21NO3. The van der Waals surface area contributed by atoms with E-state index in [0.717, 1.165) is 16.8 Å². The summed E-state index contributed by atoms with van der Waals surface area (Å²) in [5.74, 6) is 1.10. The summed E-state index contributed by atoms with van der Waals surface area (Å²) >= 11 is 0. The van der Waals surface area contributed by atoms with Gasteiger partial charge < -0.3 is 14.8 Å². The lowest BCUT2D eigenvalue weighted by Crippen LogP contribution is -2.08. The number of rotatable bonds is 5. The molecule has 0 radical (unpaired) electrons. The topological polar surface area (TPSA) is 47.6 Å². The number of hydrogen-bond donors (Lipinski definition) is 1. The molecule has 4 heteroatoms. The summed E-state index contributed by atoms with van der Waals surface area (Å²) in [6, 6.07) is 11.3. The zero-order chi connectivity index (χ0) is 16.8. The van der Waals surface area contributed by atoms with Crippen molar-refractivity contribution in [2.24, 2.45) is 0 Å². The zero-order valence-electron chi connectivity index (χ0n) is 13.8. The van der Waals surface area contributed by atoms with Gasteiger partial charge in [0, 0.05) is 11.8 Å². The van der Waals surface area contributed by atoms with Crippen LogP contribution in [0.4, 0.5) is 5.69 Å². The second-order valence-electron chi connectivity index (χ2n) is 5.20. The van der Waals surface area contributed by atoms with Gasteiger partial charge in [0.15, 0.2) is 0 Å². The Bertz CT molecular complexity index is 713. The lowest BCUT2D eigenvalue weighted by Gasteiger charge is -2.09. The maximum absolute atomic E-state index is 12.1. The highest BCUT2D eigenvalue weighted by molar-refractivity contribution is 6.02. The Balaban J connectivity index is 2.16. The van der Waals surface area contributed by atoms with Crippen LogP contribution >= 0.6 is 0 Å². The molecule has 2 rings (SSSR count). The first-order valence-corrected chi connectivity index (χ1v) is 7.32. The van der Waals surface area contributed by atoms with Crippen molar-refractivity contribution in [1.29, 1.82) is 0 Å². The molecule has 0 aromatic heterocycles. The summed E-state index contributed by atoms with van der Waals surface area (Å²) in [6.07, 6.45) is 3.16. The lowest BCUT2D eigenvalue weighted by molar-refractivity contribution is -0.111. The third kappa shape index (κ3) is 4.13. The molecule has 0 bridgehead atoms. The van der Waals surface area contributed by atoms with Crippen molar-refractivity contribution in [2.75, 3.05) is 19.5 Å². The average molecular weight is 311 g/mol. The van der Waals surface area contributed by atoms with E-state index < -0.39 is 0 Å². The molecule has 0 saturated heterocycles. The number of anilines is 1. The van der Waals surface area contributed by atoms with E-state index in [0.29, 0.717) is 11.5 Å². The van der Waals surface area contributed by atoms with E-state index in [9.17, 15) is 4.79 Å². The monoisotopic (exact) mass is 311 g/mol. The molecule has 0 aliphatic rings. The van der Waals surface area contributed by atoms with Gasteiger partial charge in [-0.25, -0.2) is 0 Å². The van der Waals surface area contributed by atoms with Crippen LogP contribution in [0.3, 0.4) is 0 Å². The predicted molar refractivity (Wildman–Crippen MR) is 93.1 cm³/mol. The van der Waals surface area contributed by atoms with E-state index in [4.69, 9.17) is 9.47 Å². The van der Waals surface area contributed by atoms with Crippen molar-refractivity contribution >= 4 is 17.7 Å². The van der Waals surface area contributed by atoms with Crippen LogP contribution in [0.5, 0.6) is 11.5 Å². The van der Waals surface area contributed by atoms with Crippen LogP contribution in [-0.4, -0.2) is 20.1 Å². The summed E-state index contributed by atoms with van der Waals surface area (Å²) < 4.78 is 10.6. The summed E-state index contributed by atoms with van der Waals surface area (Å²) in [4.78, 5) is 12.1. The van der Waals surface area contributed by atoms with Gasteiger partial charge in [-0.3, -0.25) is 4.79 Å². The van der Waals surface area contributed by atoms with Crippen LogP contribution < -0.4 is 14.8 Å². The Kier molecular flexibility index (Phi) is 5.41. The normalized spacial score (nSPS) is 10.6. The van der Waals surface area contributed by atoms with Crippen molar-refractivity contribution in [3.8, 4) is 11.5 Å². The summed E-state index contributed by atoms with van der Waals surface area (Å²) in [5, 5.41) is 2.85. The molecule has 2 aromatic carbocycles.